The Hall–Kier alpha value is -2.15. The number of aliphatic carboxylic acids is 1. The van der Waals surface area contributed by atoms with E-state index in [-0.39, 0.29) is 6.54 Å². The number of aliphatic hydroxyl groups excluding tert-OH is 1. The number of carboxylic acids is 1. The number of amides is 2. The molecule has 0 saturated carbocycles. The molecule has 2 amide bonds. The number of aliphatic hydroxyl groups is 1. The largest absolute Gasteiger partial charge is 0.480 e. The fourth-order valence-electron chi connectivity index (χ4n) is 1.63. The Bertz CT molecular complexity index is 450. The van der Waals surface area contributed by atoms with Crippen molar-refractivity contribution in [1.82, 2.24) is 15.2 Å². The second kappa shape index (κ2) is 7.44. The quantitative estimate of drug-likeness (QED) is 0.702. The van der Waals surface area contributed by atoms with E-state index in [9.17, 15) is 14.7 Å². The van der Waals surface area contributed by atoms with E-state index in [4.69, 9.17) is 5.11 Å². The van der Waals surface area contributed by atoms with Crippen molar-refractivity contribution in [2.75, 3.05) is 6.54 Å². The van der Waals surface area contributed by atoms with Crippen molar-refractivity contribution in [3.05, 3.63) is 30.1 Å². The third-order valence-corrected chi connectivity index (χ3v) is 2.78. The molecule has 0 radical (unpaired) electrons. The number of pyridine rings is 1. The first-order valence-electron chi connectivity index (χ1n) is 6.32. The summed E-state index contributed by atoms with van der Waals surface area (Å²) >= 11 is 0. The number of hydrogen-bond donors (Lipinski definition) is 3. The highest BCUT2D eigenvalue weighted by Gasteiger charge is 2.26. The van der Waals surface area contributed by atoms with Crippen LogP contribution in [0.4, 0.5) is 4.79 Å². The molecule has 110 valence electrons. The number of urea groups is 1. The normalized spacial score (nSPS) is 13.3. The maximum atomic E-state index is 12.0. The fourth-order valence-corrected chi connectivity index (χ4v) is 1.63. The standard InChI is InChI=1S/C13H19N3O4/c1-3-16(8-10-6-4-5-7-14-10)13(20)15-11(9(2)17)12(18)19/h4-7,9,11,17H,3,8H2,1-2H3,(H,15,20)(H,18,19)/t9-,11+/m1/s1. The van der Waals surface area contributed by atoms with Gasteiger partial charge in [-0.2, -0.15) is 0 Å². The molecule has 7 heteroatoms. The molecule has 1 rings (SSSR count). The second-order valence-electron chi connectivity index (χ2n) is 4.34. The van der Waals surface area contributed by atoms with Crippen LogP contribution >= 0.6 is 0 Å². The van der Waals surface area contributed by atoms with Crippen LogP contribution in [0.5, 0.6) is 0 Å². The highest BCUT2D eigenvalue weighted by molar-refractivity contribution is 5.83. The van der Waals surface area contributed by atoms with Gasteiger partial charge >= 0.3 is 12.0 Å². The highest BCUT2D eigenvalue weighted by Crippen LogP contribution is 2.03. The maximum absolute atomic E-state index is 12.0. The summed E-state index contributed by atoms with van der Waals surface area (Å²) in [5, 5.41) is 20.6. The number of rotatable bonds is 6. The van der Waals surface area contributed by atoms with Crippen molar-refractivity contribution in [1.29, 1.82) is 0 Å². The first-order chi connectivity index (χ1) is 9.45. The van der Waals surface area contributed by atoms with E-state index in [1.807, 2.05) is 6.07 Å². The summed E-state index contributed by atoms with van der Waals surface area (Å²) in [6, 6.07) is 3.48. The van der Waals surface area contributed by atoms with E-state index in [2.05, 4.69) is 10.3 Å². The molecule has 0 bridgehead atoms. The lowest BCUT2D eigenvalue weighted by molar-refractivity contribution is -0.141. The van der Waals surface area contributed by atoms with Gasteiger partial charge in [0, 0.05) is 12.7 Å². The number of carbonyl (C=O) groups excluding carboxylic acids is 1. The Labute approximate surface area is 117 Å². The molecule has 0 aliphatic heterocycles. The number of carboxylic acid groups (broad SMARTS) is 1. The molecule has 0 saturated heterocycles. The van der Waals surface area contributed by atoms with Crippen molar-refractivity contribution in [2.24, 2.45) is 0 Å². The predicted octanol–water partition coefficient (Wildman–Crippen LogP) is 0.447. The second-order valence-corrected chi connectivity index (χ2v) is 4.34. The lowest BCUT2D eigenvalue weighted by Gasteiger charge is -2.24. The van der Waals surface area contributed by atoms with Gasteiger partial charge in [-0.15, -0.1) is 0 Å². The van der Waals surface area contributed by atoms with E-state index >= 15 is 0 Å². The molecule has 0 aromatic carbocycles. The van der Waals surface area contributed by atoms with Gasteiger partial charge in [-0.1, -0.05) is 6.07 Å². The van der Waals surface area contributed by atoms with Crippen LogP contribution in [0, 0.1) is 0 Å². The molecular weight excluding hydrogens is 262 g/mol. The number of nitrogens with zero attached hydrogens (tertiary/aromatic N) is 2. The lowest BCUT2D eigenvalue weighted by Crippen LogP contribution is -2.52. The zero-order valence-electron chi connectivity index (χ0n) is 11.5. The van der Waals surface area contributed by atoms with Gasteiger partial charge in [-0.25, -0.2) is 9.59 Å². The molecule has 0 fully saturated rings. The van der Waals surface area contributed by atoms with Crippen LogP contribution < -0.4 is 5.32 Å². The smallest absolute Gasteiger partial charge is 0.328 e. The Kier molecular flexibility index (Phi) is 5.92. The van der Waals surface area contributed by atoms with E-state index in [1.165, 1.54) is 11.8 Å². The maximum Gasteiger partial charge on any atom is 0.328 e. The Morgan fingerprint density at radius 3 is 2.60 bits per heavy atom. The van der Waals surface area contributed by atoms with Crippen molar-refractivity contribution in [3.8, 4) is 0 Å². The van der Waals surface area contributed by atoms with E-state index < -0.39 is 24.1 Å². The van der Waals surface area contributed by atoms with Crippen LogP contribution in [0.2, 0.25) is 0 Å². The fraction of sp³-hybridized carbons (Fsp3) is 0.462. The molecule has 3 N–H and O–H groups in total. The van der Waals surface area contributed by atoms with Crippen molar-refractivity contribution < 1.29 is 19.8 Å². The van der Waals surface area contributed by atoms with Gasteiger partial charge in [-0.05, 0) is 26.0 Å². The molecule has 2 atom stereocenters. The molecule has 1 aromatic rings. The summed E-state index contributed by atoms with van der Waals surface area (Å²) in [6.45, 7) is 3.76. The van der Waals surface area contributed by atoms with Gasteiger partial charge in [0.15, 0.2) is 6.04 Å². The Balaban J connectivity index is 2.69. The monoisotopic (exact) mass is 281 g/mol. The first-order valence-corrected chi connectivity index (χ1v) is 6.32. The SMILES string of the molecule is CCN(Cc1ccccn1)C(=O)N[C@H](C(=O)O)[C@@H](C)O. The minimum Gasteiger partial charge on any atom is -0.480 e. The molecule has 7 nitrogen and oxygen atoms in total. The topological polar surface area (TPSA) is 103 Å². The molecule has 20 heavy (non-hydrogen) atoms. The van der Waals surface area contributed by atoms with Crippen LogP contribution in [0.15, 0.2) is 24.4 Å². The van der Waals surface area contributed by atoms with Gasteiger partial charge in [0.25, 0.3) is 0 Å². The predicted molar refractivity (Wildman–Crippen MR) is 72.0 cm³/mol. The third-order valence-electron chi connectivity index (χ3n) is 2.78. The van der Waals surface area contributed by atoms with Crippen LogP contribution in [-0.2, 0) is 11.3 Å². The molecule has 0 unspecified atom stereocenters. The van der Waals surface area contributed by atoms with Crippen molar-refractivity contribution in [2.45, 2.75) is 32.5 Å². The van der Waals surface area contributed by atoms with Crippen LogP contribution in [0.3, 0.4) is 0 Å². The summed E-state index contributed by atoms with van der Waals surface area (Å²) in [7, 11) is 0. The summed E-state index contributed by atoms with van der Waals surface area (Å²) in [6.07, 6.45) is 0.446. The van der Waals surface area contributed by atoms with Gasteiger partial charge in [-0.3, -0.25) is 4.98 Å². The zero-order chi connectivity index (χ0) is 15.1. The summed E-state index contributed by atoms with van der Waals surface area (Å²) in [4.78, 5) is 28.5. The third kappa shape index (κ3) is 4.51. The Morgan fingerprint density at radius 2 is 2.15 bits per heavy atom. The molecule has 0 aliphatic carbocycles. The summed E-state index contributed by atoms with van der Waals surface area (Å²) in [5.41, 5.74) is 0.702. The van der Waals surface area contributed by atoms with Crippen molar-refractivity contribution >= 4 is 12.0 Å². The minimum atomic E-state index is -1.33. The van der Waals surface area contributed by atoms with E-state index in [0.717, 1.165) is 0 Å². The molecule has 0 spiro atoms. The van der Waals surface area contributed by atoms with Crippen molar-refractivity contribution in [3.63, 3.8) is 0 Å². The van der Waals surface area contributed by atoms with Gasteiger partial charge < -0.3 is 20.4 Å². The lowest BCUT2D eigenvalue weighted by atomic mass is 10.2. The molecular formula is C13H19N3O4. The van der Waals surface area contributed by atoms with Crippen LogP contribution in [0.1, 0.15) is 19.5 Å². The number of nitrogens with one attached hydrogen (secondary N) is 1. The highest BCUT2D eigenvalue weighted by atomic mass is 16.4. The number of carbonyl (C=O) groups is 2. The molecule has 0 aliphatic rings. The first kappa shape index (κ1) is 15.9. The average Bonchev–Trinajstić information content (AvgIpc) is 2.42. The molecule has 1 aromatic heterocycles. The summed E-state index contributed by atoms with van der Waals surface area (Å²) < 4.78 is 0. The van der Waals surface area contributed by atoms with E-state index in [1.54, 1.807) is 25.3 Å². The Morgan fingerprint density at radius 1 is 1.45 bits per heavy atom. The average molecular weight is 281 g/mol. The van der Waals surface area contributed by atoms with Crippen LogP contribution in [-0.4, -0.2) is 50.8 Å². The van der Waals surface area contributed by atoms with Gasteiger partial charge in [0.1, 0.15) is 0 Å². The van der Waals surface area contributed by atoms with Crippen LogP contribution in [0.25, 0.3) is 0 Å². The van der Waals surface area contributed by atoms with E-state index in [0.29, 0.717) is 12.2 Å². The summed E-state index contributed by atoms with van der Waals surface area (Å²) in [5.74, 6) is -1.28. The number of aromatic nitrogens is 1. The number of hydrogen-bond acceptors (Lipinski definition) is 4. The van der Waals surface area contributed by atoms with Gasteiger partial charge in [0.05, 0.1) is 18.3 Å². The zero-order valence-corrected chi connectivity index (χ0v) is 11.5. The van der Waals surface area contributed by atoms with Gasteiger partial charge in [0.2, 0.25) is 0 Å². The minimum absolute atomic E-state index is 0.273. The molecule has 1 heterocycles.